The number of aromatic nitrogens is 1. The van der Waals surface area contributed by atoms with Gasteiger partial charge in [0, 0.05) is 16.4 Å². The third-order valence-corrected chi connectivity index (χ3v) is 5.14. The van der Waals surface area contributed by atoms with Crippen LogP contribution in [0.4, 0.5) is 5.13 Å². The number of benzene rings is 1. The summed E-state index contributed by atoms with van der Waals surface area (Å²) in [6.07, 6.45) is 5.31. The van der Waals surface area contributed by atoms with Gasteiger partial charge in [0.2, 0.25) is 5.91 Å². The molecule has 0 bridgehead atoms. The van der Waals surface area contributed by atoms with Gasteiger partial charge in [0.15, 0.2) is 5.13 Å². The van der Waals surface area contributed by atoms with Crippen LogP contribution in [-0.4, -0.2) is 10.9 Å². The van der Waals surface area contributed by atoms with Crippen molar-refractivity contribution in [1.29, 1.82) is 0 Å². The second-order valence-corrected chi connectivity index (χ2v) is 6.56. The van der Waals surface area contributed by atoms with Crippen LogP contribution in [0.3, 0.4) is 0 Å². The van der Waals surface area contributed by atoms with Crippen LogP contribution in [0.15, 0.2) is 30.3 Å². The average molecular weight is 300 g/mol. The second-order valence-electron chi connectivity index (χ2n) is 5.48. The standard InChI is InChI=1S/C17H20N2OS/c1-2-14-15(12-8-4-3-5-9-12)18-17(21-14)19-16(20)13-10-6-7-11-13/h3-5,8-9,13H,2,6-7,10-11H2,1H3,(H,18,19,20). The topological polar surface area (TPSA) is 42.0 Å². The molecule has 1 fully saturated rings. The van der Waals surface area contributed by atoms with Gasteiger partial charge in [-0.1, -0.05) is 50.1 Å². The molecule has 1 aliphatic rings. The molecule has 4 heteroatoms. The minimum atomic E-state index is 0.142. The van der Waals surface area contributed by atoms with Crippen LogP contribution in [0.25, 0.3) is 11.3 Å². The summed E-state index contributed by atoms with van der Waals surface area (Å²) in [6.45, 7) is 2.13. The van der Waals surface area contributed by atoms with Crippen molar-refractivity contribution in [2.45, 2.75) is 39.0 Å². The highest BCUT2D eigenvalue weighted by atomic mass is 32.1. The summed E-state index contributed by atoms with van der Waals surface area (Å²) in [5.41, 5.74) is 2.12. The molecule has 0 spiro atoms. The van der Waals surface area contributed by atoms with Crippen LogP contribution in [0, 0.1) is 5.92 Å². The Balaban J connectivity index is 1.81. The smallest absolute Gasteiger partial charge is 0.229 e. The minimum absolute atomic E-state index is 0.142. The van der Waals surface area contributed by atoms with E-state index in [1.807, 2.05) is 18.2 Å². The summed E-state index contributed by atoms with van der Waals surface area (Å²) >= 11 is 1.60. The van der Waals surface area contributed by atoms with Gasteiger partial charge in [-0.05, 0) is 19.3 Å². The molecule has 1 N–H and O–H groups in total. The van der Waals surface area contributed by atoms with Crippen LogP contribution in [0.1, 0.15) is 37.5 Å². The van der Waals surface area contributed by atoms with E-state index in [0.29, 0.717) is 0 Å². The molecule has 1 aliphatic carbocycles. The van der Waals surface area contributed by atoms with Crippen LogP contribution < -0.4 is 5.32 Å². The van der Waals surface area contributed by atoms with Gasteiger partial charge >= 0.3 is 0 Å². The van der Waals surface area contributed by atoms with Crippen molar-refractivity contribution in [3.05, 3.63) is 35.2 Å². The molecule has 0 saturated heterocycles. The van der Waals surface area contributed by atoms with Gasteiger partial charge in [0.1, 0.15) is 0 Å². The van der Waals surface area contributed by atoms with Crippen molar-refractivity contribution in [2.24, 2.45) is 5.92 Å². The maximum Gasteiger partial charge on any atom is 0.229 e. The van der Waals surface area contributed by atoms with Crippen LogP contribution in [-0.2, 0) is 11.2 Å². The molecule has 0 unspecified atom stereocenters. The molecule has 3 nitrogen and oxygen atoms in total. The molecule has 21 heavy (non-hydrogen) atoms. The zero-order valence-corrected chi connectivity index (χ0v) is 13.1. The van der Waals surface area contributed by atoms with Gasteiger partial charge in [-0.2, -0.15) is 0 Å². The quantitative estimate of drug-likeness (QED) is 0.903. The monoisotopic (exact) mass is 300 g/mol. The number of hydrogen-bond acceptors (Lipinski definition) is 3. The number of anilines is 1. The lowest BCUT2D eigenvalue weighted by Crippen LogP contribution is -2.20. The molecule has 2 aromatic rings. The predicted molar refractivity (Wildman–Crippen MR) is 87.5 cm³/mol. The van der Waals surface area contributed by atoms with Crippen molar-refractivity contribution in [3.63, 3.8) is 0 Å². The first kappa shape index (κ1) is 14.3. The fourth-order valence-electron chi connectivity index (χ4n) is 2.86. The van der Waals surface area contributed by atoms with E-state index in [9.17, 15) is 4.79 Å². The fourth-order valence-corrected chi connectivity index (χ4v) is 3.79. The molecular weight excluding hydrogens is 280 g/mol. The second kappa shape index (κ2) is 6.39. The highest BCUT2D eigenvalue weighted by Gasteiger charge is 2.24. The number of amides is 1. The third-order valence-electron chi connectivity index (χ3n) is 4.02. The number of rotatable bonds is 4. The molecular formula is C17H20N2OS. The third kappa shape index (κ3) is 3.16. The van der Waals surface area contributed by atoms with Crippen molar-refractivity contribution in [2.75, 3.05) is 5.32 Å². The molecule has 1 aromatic heterocycles. The van der Waals surface area contributed by atoms with Gasteiger partial charge in [0.25, 0.3) is 0 Å². The van der Waals surface area contributed by atoms with E-state index < -0.39 is 0 Å². The zero-order chi connectivity index (χ0) is 14.7. The molecule has 1 saturated carbocycles. The Hall–Kier alpha value is -1.68. The summed E-state index contributed by atoms with van der Waals surface area (Å²) in [4.78, 5) is 18.1. The van der Waals surface area contributed by atoms with Gasteiger partial charge < -0.3 is 5.32 Å². The molecule has 0 radical (unpaired) electrons. The minimum Gasteiger partial charge on any atom is -0.302 e. The van der Waals surface area contributed by atoms with Crippen molar-refractivity contribution in [3.8, 4) is 11.3 Å². The number of carbonyl (C=O) groups is 1. The average Bonchev–Trinajstić information content (AvgIpc) is 3.17. The Kier molecular flexibility index (Phi) is 4.34. The molecule has 0 atom stereocenters. The zero-order valence-electron chi connectivity index (χ0n) is 12.3. The van der Waals surface area contributed by atoms with E-state index in [1.54, 1.807) is 11.3 Å². The summed E-state index contributed by atoms with van der Waals surface area (Å²) < 4.78 is 0. The van der Waals surface area contributed by atoms with Gasteiger partial charge in [-0.15, -0.1) is 11.3 Å². The number of nitrogens with zero attached hydrogens (tertiary/aromatic N) is 1. The Labute approximate surface area is 129 Å². The predicted octanol–water partition coefficient (Wildman–Crippen LogP) is 4.50. The largest absolute Gasteiger partial charge is 0.302 e. The molecule has 0 aliphatic heterocycles. The number of nitrogens with one attached hydrogen (secondary N) is 1. The summed E-state index contributed by atoms with van der Waals surface area (Å²) in [6, 6.07) is 10.2. The number of thiazole rings is 1. The lowest BCUT2D eigenvalue weighted by Gasteiger charge is -2.07. The molecule has 1 aromatic carbocycles. The number of aryl methyl sites for hydroxylation is 1. The number of carbonyl (C=O) groups excluding carboxylic acids is 1. The molecule has 1 amide bonds. The lowest BCUT2D eigenvalue weighted by atomic mass is 10.1. The SMILES string of the molecule is CCc1sc(NC(=O)C2CCCC2)nc1-c1ccccc1. The van der Waals surface area contributed by atoms with Gasteiger partial charge in [-0.25, -0.2) is 4.98 Å². The van der Waals surface area contributed by atoms with Crippen LogP contribution >= 0.6 is 11.3 Å². The Bertz CT molecular complexity index is 615. The molecule has 1 heterocycles. The van der Waals surface area contributed by atoms with E-state index in [1.165, 1.54) is 17.7 Å². The lowest BCUT2D eigenvalue weighted by molar-refractivity contribution is -0.119. The first-order valence-corrected chi connectivity index (χ1v) is 8.45. The van der Waals surface area contributed by atoms with E-state index in [0.717, 1.165) is 35.7 Å². The Morgan fingerprint density at radius 3 is 2.67 bits per heavy atom. The summed E-state index contributed by atoms with van der Waals surface area (Å²) in [5, 5.41) is 3.76. The van der Waals surface area contributed by atoms with E-state index >= 15 is 0 Å². The maximum atomic E-state index is 12.2. The van der Waals surface area contributed by atoms with E-state index in [2.05, 4.69) is 29.4 Å². The van der Waals surface area contributed by atoms with Crippen molar-refractivity contribution in [1.82, 2.24) is 4.98 Å². The maximum absolute atomic E-state index is 12.2. The Morgan fingerprint density at radius 2 is 2.00 bits per heavy atom. The van der Waals surface area contributed by atoms with Crippen LogP contribution in [0.2, 0.25) is 0 Å². The van der Waals surface area contributed by atoms with Crippen molar-refractivity contribution >= 4 is 22.4 Å². The number of hydrogen-bond donors (Lipinski definition) is 1. The summed E-state index contributed by atoms with van der Waals surface area (Å²) in [7, 11) is 0. The highest BCUT2D eigenvalue weighted by molar-refractivity contribution is 7.16. The Morgan fingerprint density at radius 1 is 1.29 bits per heavy atom. The first-order valence-electron chi connectivity index (χ1n) is 7.64. The van der Waals surface area contributed by atoms with Gasteiger partial charge in [-0.3, -0.25) is 4.79 Å². The van der Waals surface area contributed by atoms with Gasteiger partial charge in [0.05, 0.1) is 5.69 Å². The fraction of sp³-hybridized carbons (Fsp3) is 0.412. The van der Waals surface area contributed by atoms with E-state index in [4.69, 9.17) is 0 Å². The molecule has 110 valence electrons. The molecule has 3 rings (SSSR count). The highest BCUT2D eigenvalue weighted by Crippen LogP contribution is 2.32. The van der Waals surface area contributed by atoms with Crippen LogP contribution in [0.5, 0.6) is 0 Å². The van der Waals surface area contributed by atoms with E-state index in [-0.39, 0.29) is 11.8 Å². The normalized spacial score (nSPS) is 15.3. The first-order chi connectivity index (χ1) is 10.3. The summed E-state index contributed by atoms with van der Waals surface area (Å²) in [5.74, 6) is 0.322. The van der Waals surface area contributed by atoms with Crippen molar-refractivity contribution < 1.29 is 4.79 Å².